The van der Waals surface area contributed by atoms with Crippen LogP contribution in [0.1, 0.15) is 12.8 Å². The van der Waals surface area contributed by atoms with Crippen molar-refractivity contribution in [3.8, 4) is 0 Å². The smallest absolute Gasteiger partial charge is 0.263 e. The zero-order chi connectivity index (χ0) is 12.5. The summed E-state index contributed by atoms with van der Waals surface area (Å²) in [5.41, 5.74) is 0. The average molecular weight is 382 g/mol. The van der Waals surface area contributed by atoms with Crippen molar-refractivity contribution in [2.45, 2.75) is 17.7 Å². The Bertz CT molecular complexity index is 570. The van der Waals surface area contributed by atoms with E-state index in [0.29, 0.717) is 23.3 Å². The second-order valence-electron chi connectivity index (χ2n) is 3.61. The van der Waals surface area contributed by atoms with Crippen LogP contribution >= 0.6 is 31.9 Å². The first kappa shape index (κ1) is 13.0. The van der Waals surface area contributed by atoms with Gasteiger partial charge in [0.15, 0.2) is 0 Å². The summed E-state index contributed by atoms with van der Waals surface area (Å²) < 4.78 is 28.0. The first-order chi connectivity index (χ1) is 7.99. The minimum atomic E-state index is -3.54. The van der Waals surface area contributed by atoms with Gasteiger partial charge in [0.25, 0.3) is 10.0 Å². The van der Waals surface area contributed by atoms with E-state index in [2.05, 4.69) is 41.6 Å². The van der Waals surface area contributed by atoms with Gasteiger partial charge in [-0.15, -0.1) is 0 Å². The van der Waals surface area contributed by atoms with E-state index in [1.807, 2.05) is 0 Å². The highest BCUT2D eigenvalue weighted by molar-refractivity contribution is 9.11. The summed E-state index contributed by atoms with van der Waals surface area (Å²) >= 11 is 6.53. The molecule has 2 rings (SSSR count). The Morgan fingerprint density at radius 1 is 1.29 bits per heavy atom. The lowest BCUT2D eigenvalue weighted by Crippen LogP contribution is -2.29. The summed E-state index contributed by atoms with van der Waals surface area (Å²) in [5, 5.41) is 0. The van der Waals surface area contributed by atoms with E-state index < -0.39 is 10.0 Å². The first-order valence-corrected chi connectivity index (χ1v) is 8.07. The molecule has 17 heavy (non-hydrogen) atoms. The van der Waals surface area contributed by atoms with Gasteiger partial charge in [-0.05, 0) is 40.5 Å². The molecule has 0 atom stereocenters. The zero-order valence-electron chi connectivity index (χ0n) is 8.78. The number of halogens is 2. The van der Waals surface area contributed by atoms with Gasteiger partial charge in [-0.2, -0.15) is 0 Å². The van der Waals surface area contributed by atoms with Gasteiger partial charge in [-0.1, -0.05) is 15.9 Å². The Morgan fingerprint density at radius 3 is 2.65 bits per heavy atom. The van der Waals surface area contributed by atoms with Crippen LogP contribution in [0.25, 0.3) is 0 Å². The third-order valence-electron chi connectivity index (χ3n) is 2.31. The predicted molar refractivity (Wildman–Crippen MR) is 73.7 cm³/mol. The van der Waals surface area contributed by atoms with Gasteiger partial charge < -0.3 is 0 Å². The third-order valence-corrected chi connectivity index (χ3v) is 5.16. The molecule has 1 N–H and O–H groups in total. The largest absolute Gasteiger partial charge is 0.272 e. The molecule has 4 nitrogen and oxygen atoms in total. The molecular formula is C10H10Br2N2O2S. The Labute approximate surface area is 117 Å². The van der Waals surface area contributed by atoms with E-state index in [0.717, 1.165) is 10.9 Å². The maximum atomic E-state index is 12.1. The SMILES string of the molecule is O=S(=O)(NC1=NCCC1)c1ccc(Br)cc1Br. The lowest BCUT2D eigenvalue weighted by Gasteiger charge is -2.09. The molecule has 1 aliphatic rings. The Morgan fingerprint density at radius 2 is 2.06 bits per heavy atom. The molecule has 1 aromatic rings. The van der Waals surface area contributed by atoms with Crippen molar-refractivity contribution in [1.29, 1.82) is 0 Å². The minimum Gasteiger partial charge on any atom is -0.272 e. The molecule has 0 saturated carbocycles. The Balaban J connectivity index is 2.31. The Kier molecular flexibility index (Phi) is 3.89. The van der Waals surface area contributed by atoms with E-state index in [9.17, 15) is 8.42 Å². The van der Waals surface area contributed by atoms with Gasteiger partial charge in [-0.25, -0.2) is 8.42 Å². The fourth-order valence-electron chi connectivity index (χ4n) is 1.53. The molecule has 0 aliphatic carbocycles. The van der Waals surface area contributed by atoms with Crippen molar-refractivity contribution in [2.75, 3.05) is 6.54 Å². The summed E-state index contributed by atoms with van der Waals surface area (Å²) in [5.74, 6) is 0.541. The zero-order valence-corrected chi connectivity index (χ0v) is 12.8. The second kappa shape index (κ2) is 5.07. The van der Waals surface area contributed by atoms with Crippen LogP contribution in [0.15, 0.2) is 37.0 Å². The molecule has 0 bridgehead atoms. The number of hydrogen-bond acceptors (Lipinski definition) is 3. The Hall–Kier alpha value is -0.400. The highest BCUT2D eigenvalue weighted by atomic mass is 79.9. The normalized spacial score (nSPS) is 15.8. The van der Waals surface area contributed by atoms with Crippen LogP contribution in [0.5, 0.6) is 0 Å². The number of benzene rings is 1. The van der Waals surface area contributed by atoms with Crippen LogP contribution in [0.3, 0.4) is 0 Å². The quantitative estimate of drug-likeness (QED) is 0.856. The lowest BCUT2D eigenvalue weighted by molar-refractivity contribution is 0.591. The summed E-state index contributed by atoms with van der Waals surface area (Å²) in [7, 11) is -3.54. The fourth-order valence-corrected chi connectivity index (χ4v) is 4.36. The molecule has 0 aromatic heterocycles. The summed E-state index contributed by atoms with van der Waals surface area (Å²) in [6, 6.07) is 4.94. The van der Waals surface area contributed by atoms with Gasteiger partial charge in [-0.3, -0.25) is 9.71 Å². The van der Waals surface area contributed by atoms with Gasteiger partial charge in [0.05, 0.1) is 0 Å². The number of nitrogens with one attached hydrogen (secondary N) is 1. The summed E-state index contributed by atoms with van der Waals surface area (Å²) in [4.78, 5) is 4.31. The maximum Gasteiger partial charge on any atom is 0.263 e. The molecule has 0 fully saturated rings. The van der Waals surface area contributed by atoms with E-state index in [4.69, 9.17) is 0 Å². The number of nitrogens with zero attached hydrogens (tertiary/aromatic N) is 1. The number of aliphatic imine (C=N–C) groups is 1. The van der Waals surface area contributed by atoms with Crippen LogP contribution in [0.4, 0.5) is 0 Å². The number of rotatable bonds is 2. The minimum absolute atomic E-state index is 0.218. The van der Waals surface area contributed by atoms with E-state index in [1.54, 1.807) is 18.2 Å². The van der Waals surface area contributed by atoms with Crippen LogP contribution < -0.4 is 4.72 Å². The van der Waals surface area contributed by atoms with Gasteiger partial charge in [0.2, 0.25) is 0 Å². The molecule has 92 valence electrons. The van der Waals surface area contributed by atoms with Crippen molar-refractivity contribution in [2.24, 2.45) is 4.99 Å². The van der Waals surface area contributed by atoms with Crippen molar-refractivity contribution in [1.82, 2.24) is 4.72 Å². The summed E-state index contributed by atoms with van der Waals surface area (Å²) in [6.45, 7) is 0.694. The molecule has 1 heterocycles. The second-order valence-corrected chi connectivity index (χ2v) is 7.03. The monoisotopic (exact) mass is 380 g/mol. The topological polar surface area (TPSA) is 58.5 Å². The van der Waals surface area contributed by atoms with Crippen molar-refractivity contribution in [3.63, 3.8) is 0 Å². The molecule has 0 unspecified atom stereocenters. The van der Waals surface area contributed by atoms with E-state index in [1.165, 1.54) is 0 Å². The van der Waals surface area contributed by atoms with Crippen LogP contribution in [0.2, 0.25) is 0 Å². The van der Waals surface area contributed by atoms with E-state index >= 15 is 0 Å². The molecule has 7 heteroatoms. The highest BCUT2D eigenvalue weighted by Crippen LogP contribution is 2.25. The van der Waals surface area contributed by atoms with Crippen molar-refractivity contribution in [3.05, 3.63) is 27.1 Å². The number of amidine groups is 1. The molecule has 0 radical (unpaired) electrons. The van der Waals surface area contributed by atoms with Crippen LogP contribution in [-0.4, -0.2) is 20.8 Å². The molecular weight excluding hydrogens is 372 g/mol. The fraction of sp³-hybridized carbons (Fsp3) is 0.300. The first-order valence-electron chi connectivity index (χ1n) is 5.00. The number of sulfonamides is 1. The third kappa shape index (κ3) is 3.08. The average Bonchev–Trinajstić information content (AvgIpc) is 2.68. The molecule has 1 aromatic carbocycles. The maximum absolute atomic E-state index is 12.1. The van der Waals surface area contributed by atoms with Crippen molar-refractivity contribution >= 4 is 47.7 Å². The molecule has 0 saturated heterocycles. The van der Waals surface area contributed by atoms with Gasteiger partial charge >= 0.3 is 0 Å². The molecule has 1 aliphatic heterocycles. The van der Waals surface area contributed by atoms with E-state index in [-0.39, 0.29) is 4.90 Å². The highest BCUT2D eigenvalue weighted by Gasteiger charge is 2.20. The lowest BCUT2D eigenvalue weighted by atomic mass is 10.3. The standard InChI is InChI=1S/C10H10Br2N2O2S/c11-7-3-4-9(8(12)6-7)17(15,16)14-10-2-1-5-13-10/h3-4,6H,1-2,5H2,(H,13,14). The van der Waals surface area contributed by atoms with Gasteiger partial charge in [0.1, 0.15) is 10.7 Å². The predicted octanol–water partition coefficient (Wildman–Crippen LogP) is 2.68. The van der Waals surface area contributed by atoms with Crippen LogP contribution in [0, 0.1) is 0 Å². The van der Waals surface area contributed by atoms with Gasteiger partial charge in [0, 0.05) is 21.9 Å². The molecule has 0 spiro atoms. The summed E-state index contributed by atoms with van der Waals surface area (Å²) in [6.07, 6.45) is 1.59. The molecule has 0 amide bonds. The number of hydrogen-bond donors (Lipinski definition) is 1. The van der Waals surface area contributed by atoms with Crippen molar-refractivity contribution < 1.29 is 8.42 Å². The van der Waals surface area contributed by atoms with Crippen LogP contribution in [-0.2, 0) is 10.0 Å².